The molecule has 1 N–H and O–H groups in total. The summed E-state index contributed by atoms with van der Waals surface area (Å²) in [5.74, 6) is 0.822. The Hall–Kier alpha value is -3.24. The average Bonchev–Trinajstić information content (AvgIpc) is 3.21. The number of Topliss-reactive ketones (excluding diaryl/α,β-unsaturated/α-hetero) is 1. The summed E-state index contributed by atoms with van der Waals surface area (Å²) in [6, 6.07) is 22.2. The molecule has 2 aliphatic heterocycles. The predicted octanol–water partition coefficient (Wildman–Crippen LogP) is 4.12. The van der Waals surface area contributed by atoms with Crippen molar-refractivity contribution in [3.8, 4) is 5.75 Å². The van der Waals surface area contributed by atoms with Crippen LogP contribution in [0, 0.1) is 6.92 Å². The van der Waals surface area contributed by atoms with Gasteiger partial charge in [0.05, 0.1) is 31.0 Å². The molecule has 9 heteroatoms. The molecule has 194 valence electrons. The molecule has 2 aliphatic rings. The second kappa shape index (κ2) is 10.3. The first-order valence-corrected chi connectivity index (χ1v) is 14.1. The van der Waals surface area contributed by atoms with Gasteiger partial charge in [-0.25, -0.2) is 0 Å². The van der Waals surface area contributed by atoms with Crippen molar-refractivity contribution in [2.45, 2.75) is 19.1 Å². The zero-order chi connectivity index (χ0) is 26.2. The lowest BCUT2D eigenvalue weighted by Gasteiger charge is -2.38. The molecule has 3 aromatic carbocycles. The van der Waals surface area contributed by atoms with Crippen LogP contribution < -0.4 is 4.74 Å². The van der Waals surface area contributed by atoms with Crippen molar-refractivity contribution >= 4 is 37.6 Å². The van der Waals surface area contributed by atoms with Gasteiger partial charge in [-0.1, -0.05) is 54.6 Å². The molecule has 3 heterocycles. The zero-order valence-corrected chi connectivity index (χ0v) is 21.6. The Balaban J connectivity index is 0.000000514. The Bertz CT molecular complexity index is 1540. The van der Waals surface area contributed by atoms with Crippen molar-refractivity contribution in [3.63, 3.8) is 0 Å². The zero-order valence-electron chi connectivity index (χ0n) is 20.8. The highest BCUT2D eigenvalue weighted by atomic mass is 32.2. The fourth-order valence-corrected chi connectivity index (χ4v) is 5.31. The highest BCUT2D eigenvalue weighted by Gasteiger charge is 2.39. The summed E-state index contributed by atoms with van der Waals surface area (Å²) in [5.41, 5.74) is 2.97. The first-order valence-electron chi connectivity index (χ1n) is 12.2. The lowest BCUT2D eigenvalue weighted by atomic mass is 9.94. The predicted molar refractivity (Wildman–Crippen MR) is 143 cm³/mol. The van der Waals surface area contributed by atoms with E-state index in [1.54, 1.807) is 0 Å². The number of ketones is 1. The molecule has 0 aliphatic carbocycles. The number of nitrogens with zero attached hydrogens (tertiary/aromatic N) is 2. The number of morpholine rings is 1. The number of fused-ring (bicyclic) bond motifs is 1. The van der Waals surface area contributed by atoms with Gasteiger partial charge in [0.25, 0.3) is 10.1 Å². The van der Waals surface area contributed by atoms with E-state index in [0.29, 0.717) is 6.26 Å². The van der Waals surface area contributed by atoms with Crippen molar-refractivity contribution in [2.75, 3.05) is 39.1 Å². The van der Waals surface area contributed by atoms with E-state index < -0.39 is 16.2 Å². The molecular weight excluding hydrogens is 492 g/mol. The molecule has 1 unspecified atom stereocenters. The molecule has 0 amide bonds. The average molecular weight is 523 g/mol. The van der Waals surface area contributed by atoms with E-state index in [-0.39, 0.29) is 11.8 Å². The molecule has 0 saturated carbocycles. The molecule has 6 rings (SSSR count). The van der Waals surface area contributed by atoms with Gasteiger partial charge in [-0.3, -0.25) is 14.2 Å². The maximum absolute atomic E-state index is 14.0. The molecule has 1 aromatic heterocycles. The fraction of sp³-hybridized carbons (Fsp3) is 0.321. The maximum Gasteiger partial charge on any atom is 0.261 e. The number of benzene rings is 3. The van der Waals surface area contributed by atoms with Gasteiger partial charge in [0.1, 0.15) is 5.75 Å². The standard InChI is InChI=1S/C27H26N2O3.CH4O3S/c1-18-16-20-8-5-11-24-25(20)29(18)23(17-28-12-14-31-15-13-28)27(32-24)26(30)22-10-4-7-19-6-2-3-9-21(19)22;1-5(2,3)4/h2-11,16,23,27H,12-15,17H2,1H3;1H3,(H,2,3,4)/t23?,27-;/m1./s1. The molecule has 0 bridgehead atoms. The highest BCUT2D eigenvalue weighted by Crippen LogP contribution is 2.40. The van der Waals surface area contributed by atoms with E-state index in [4.69, 9.17) is 14.0 Å². The van der Waals surface area contributed by atoms with Gasteiger partial charge in [0, 0.05) is 36.3 Å². The number of ether oxygens (including phenoxy) is 2. The number of carbonyl (C=O) groups excluding carboxylic acids is 1. The van der Waals surface area contributed by atoms with E-state index in [2.05, 4.69) is 28.5 Å². The van der Waals surface area contributed by atoms with Gasteiger partial charge in [-0.2, -0.15) is 8.42 Å². The molecule has 1 fully saturated rings. The largest absolute Gasteiger partial charge is 0.478 e. The van der Waals surface area contributed by atoms with Crippen molar-refractivity contribution in [1.82, 2.24) is 9.47 Å². The molecule has 0 radical (unpaired) electrons. The van der Waals surface area contributed by atoms with E-state index in [9.17, 15) is 13.2 Å². The van der Waals surface area contributed by atoms with Crippen molar-refractivity contribution < 1.29 is 27.2 Å². The fourth-order valence-electron chi connectivity index (χ4n) is 5.31. The van der Waals surface area contributed by atoms with Crippen LogP contribution in [0.2, 0.25) is 0 Å². The SMILES string of the molecule is CS(=O)(=O)O.Cc1cc2cccc3c2n1C(CN1CCOCC1)[C@H](C(=O)c1cccc2ccccc12)O3. The van der Waals surface area contributed by atoms with E-state index in [0.717, 1.165) is 71.5 Å². The normalized spacial score (nSPS) is 19.8. The first-order chi connectivity index (χ1) is 17.7. The Morgan fingerprint density at radius 3 is 2.41 bits per heavy atom. The van der Waals surface area contributed by atoms with Crippen LogP contribution in [0.4, 0.5) is 0 Å². The van der Waals surface area contributed by atoms with E-state index >= 15 is 0 Å². The van der Waals surface area contributed by atoms with Crippen molar-refractivity contribution in [1.29, 1.82) is 0 Å². The number of carbonyl (C=O) groups is 1. The number of aromatic nitrogens is 1. The quantitative estimate of drug-likeness (QED) is 0.318. The number of aryl methyl sites for hydroxylation is 1. The minimum absolute atomic E-state index is 0.0378. The molecule has 37 heavy (non-hydrogen) atoms. The Kier molecular flexibility index (Phi) is 7.04. The Morgan fingerprint density at radius 2 is 1.65 bits per heavy atom. The minimum Gasteiger partial charge on any atom is -0.478 e. The van der Waals surface area contributed by atoms with Crippen LogP contribution in [0.25, 0.3) is 21.7 Å². The summed E-state index contributed by atoms with van der Waals surface area (Å²) < 4.78 is 40.3. The monoisotopic (exact) mass is 522 g/mol. The number of rotatable bonds is 4. The topological polar surface area (TPSA) is 98.1 Å². The van der Waals surface area contributed by atoms with Crippen molar-refractivity contribution in [2.24, 2.45) is 0 Å². The molecule has 2 atom stereocenters. The summed E-state index contributed by atoms with van der Waals surface area (Å²) in [7, 11) is -3.67. The molecule has 4 aromatic rings. The highest BCUT2D eigenvalue weighted by molar-refractivity contribution is 7.85. The third-order valence-electron chi connectivity index (χ3n) is 6.81. The van der Waals surface area contributed by atoms with Crippen LogP contribution in [0.15, 0.2) is 66.7 Å². The third-order valence-corrected chi connectivity index (χ3v) is 6.81. The van der Waals surface area contributed by atoms with Crippen LogP contribution in [0.1, 0.15) is 22.1 Å². The van der Waals surface area contributed by atoms with Gasteiger partial charge in [0.2, 0.25) is 5.78 Å². The van der Waals surface area contributed by atoms with Gasteiger partial charge in [-0.15, -0.1) is 0 Å². The summed E-state index contributed by atoms with van der Waals surface area (Å²) >= 11 is 0. The molecule has 1 saturated heterocycles. The lowest BCUT2D eigenvalue weighted by molar-refractivity contribution is 0.0175. The number of hydrogen-bond donors (Lipinski definition) is 1. The summed E-state index contributed by atoms with van der Waals surface area (Å²) in [6.07, 6.45) is 0.125. The molecule has 8 nitrogen and oxygen atoms in total. The van der Waals surface area contributed by atoms with Crippen LogP contribution in [-0.2, 0) is 14.9 Å². The number of para-hydroxylation sites is 1. The van der Waals surface area contributed by atoms with Crippen LogP contribution in [0.3, 0.4) is 0 Å². The summed E-state index contributed by atoms with van der Waals surface area (Å²) in [4.78, 5) is 16.4. The second-order valence-corrected chi connectivity index (χ2v) is 11.0. The third kappa shape index (κ3) is 5.40. The Labute approximate surface area is 216 Å². The minimum atomic E-state index is -3.67. The van der Waals surface area contributed by atoms with Gasteiger partial charge < -0.3 is 14.0 Å². The molecule has 0 spiro atoms. The smallest absolute Gasteiger partial charge is 0.261 e. The van der Waals surface area contributed by atoms with E-state index in [1.165, 1.54) is 0 Å². The molecular formula is C28H30N2O6S. The summed E-state index contributed by atoms with van der Waals surface area (Å²) in [5, 5.41) is 3.20. The maximum atomic E-state index is 14.0. The van der Waals surface area contributed by atoms with E-state index in [1.807, 2.05) is 54.6 Å². The van der Waals surface area contributed by atoms with Gasteiger partial charge in [-0.05, 0) is 29.8 Å². The number of hydrogen-bond acceptors (Lipinski definition) is 6. The first kappa shape index (κ1) is 25.4. The van der Waals surface area contributed by atoms with Crippen LogP contribution in [-0.4, -0.2) is 73.4 Å². The van der Waals surface area contributed by atoms with Gasteiger partial charge in [0.15, 0.2) is 6.10 Å². The second-order valence-electron chi connectivity index (χ2n) is 9.49. The van der Waals surface area contributed by atoms with Gasteiger partial charge >= 0.3 is 0 Å². The lowest BCUT2D eigenvalue weighted by Crippen LogP contribution is -2.48. The summed E-state index contributed by atoms with van der Waals surface area (Å²) in [6.45, 7) is 6.08. The van der Waals surface area contributed by atoms with Crippen LogP contribution >= 0.6 is 0 Å². The Morgan fingerprint density at radius 1 is 1.00 bits per heavy atom. The van der Waals surface area contributed by atoms with Crippen LogP contribution in [0.5, 0.6) is 5.75 Å². The van der Waals surface area contributed by atoms with Crippen molar-refractivity contribution in [3.05, 3.63) is 78.0 Å².